The lowest BCUT2D eigenvalue weighted by atomic mass is 10.0. The van der Waals surface area contributed by atoms with E-state index in [1.807, 2.05) is 84.9 Å². The van der Waals surface area contributed by atoms with Crippen molar-refractivity contribution in [3.63, 3.8) is 0 Å². The van der Waals surface area contributed by atoms with Crippen LogP contribution in [0, 0.1) is 0 Å². The summed E-state index contributed by atoms with van der Waals surface area (Å²) in [5.74, 6) is -0.0434. The number of methoxy groups -OCH3 is 1. The molecule has 0 bridgehead atoms. The molecule has 0 aromatic heterocycles. The topological polar surface area (TPSA) is 103 Å². The molecule has 0 saturated carbocycles. The van der Waals surface area contributed by atoms with Crippen molar-refractivity contribution < 1.29 is 28.6 Å². The Hall–Kier alpha value is -4.33. The first-order valence-electron chi connectivity index (χ1n) is 13.1. The third-order valence-electron chi connectivity index (χ3n) is 5.97. The zero-order chi connectivity index (χ0) is 27.7. The lowest BCUT2D eigenvalue weighted by molar-refractivity contribution is -0.145. The summed E-state index contributed by atoms with van der Waals surface area (Å²) in [6.45, 7) is 1.12. The lowest BCUT2D eigenvalue weighted by Crippen LogP contribution is -2.43. The van der Waals surface area contributed by atoms with E-state index in [0.717, 1.165) is 23.1 Å². The first kappa shape index (κ1) is 29.2. The van der Waals surface area contributed by atoms with Gasteiger partial charge in [0.25, 0.3) is 0 Å². The molecular formula is C31H36N2O6. The summed E-state index contributed by atoms with van der Waals surface area (Å²) in [6.07, 6.45) is 2.18. The van der Waals surface area contributed by atoms with Crippen LogP contribution in [-0.2, 0) is 38.7 Å². The number of amides is 2. The Labute approximate surface area is 229 Å². The number of carbonyl (C=O) groups is 3. The number of hydrogen-bond donors (Lipinski definition) is 2. The highest BCUT2D eigenvalue weighted by Crippen LogP contribution is 2.17. The molecule has 0 radical (unpaired) electrons. The van der Waals surface area contributed by atoms with Crippen molar-refractivity contribution in [1.82, 2.24) is 10.6 Å². The normalized spacial score (nSPS) is 11.2. The quantitative estimate of drug-likeness (QED) is 0.212. The van der Waals surface area contributed by atoms with Gasteiger partial charge in [-0.1, -0.05) is 79.2 Å². The highest BCUT2D eigenvalue weighted by Gasteiger charge is 2.22. The monoisotopic (exact) mass is 532 g/mol. The predicted molar refractivity (Wildman–Crippen MR) is 148 cm³/mol. The minimum absolute atomic E-state index is 0.221. The number of benzene rings is 3. The van der Waals surface area contributed by atoms with Crippen molar-refractivity contribution in [2.75, 3.05) is 13.7 Å². The van der Waals surface area contributed by atoms with E-state index in [2.05, 4.69) is 10.6 Å². The molecule has 0 heterocycles. The van der Waals surface area contributed by atoms with Gasteiger partial charge >= 0.3 is 12.1 Å². The average Bonchev–Trinajstić information content (AvgIpc) is 2.97. The molecule has 0 aliphatic rings. The maximum Gasteiger partial charge on any atom is 0.407 e. The average molecular weight is 533 g/mol. The Bertz CT molecular complexity index is 1170. The molecule has 8 heteroatoms. The molecule has 0 fully saturated rings. The van der Waals surface area contributed by atoms with Crippen LogP contribution in [-0.4, -0.2) is 37.7 Å². The molecule has 0 aliphatic carbocycles. The largest absolute Gasteiger partial charge is 0.489 e. The molecule has 3 rings (SSSR count). The van der Waals surface area contributed by atoms with E-state index in [9.17, 15) is 14.4 Å². The van der Waals surface area contributed by atoms with Gasteiger partial charge in [-0.2, -0.15) is 0 Å². The van der Waals surface area contributed by atoms with Crippen LogP contribution in [0.4, 0.5) is 4.79 Å². The first-order chi connectivity index (χ1) is 19.0. The van der Waals surface area contributed by atoms with Gasteiger partial charge < -0.3 is 24.8 Å². The molecule has 0 aliphatic heterocycles. The van der Waals surface area contributed by atoms with Gasteiger partial charge in [-0.05, 0) is 41.7 Å². The maximum atomic E-state index is 12.5. The molecule has 206 valence electrons. The Balaban J connectivity index is 1.35. The highest BCUT2D eigenvalue weighted by atomic mass is 16.5. The molecule has 8 nitrogen and oxygen atoms in total. The van der Waals surface area contributed by atoms with Crippen molar-refractivity contribution in [2.24, 2.45) is 0 Å². The van der Waals surface area contributed by atoms with Crippen LogP contribution >= 0.6 is 0 Å². The predicted octanol–water partition coefficient (Wildman–Crippen LogP) is 4.95. The fourth-order valence-corrected chi connectivity index (χ4v) is 3.89. The van der Waals surface area contributed by atoms with Crippen molar-refractivity contribution >= 4 is 18.0 Å². The minimum atomic E-state index is -0.798. The van der Waals surface area contributed by atoms with Gasteiger partial charge in [-0.3, -0.25) is 4.79 Å². The van der Waals surface area contributed by atoms with Gasteiger partial charge in [0.15, 0.2) is 0 Å². The Morgan fingerprint density at radius 3 is 2.13 bits per heavy atom. The van der Waals surface area contributed by atoms with Crippen LogP contribution in [0.25, 0.3) is 0 Å². The van der Waals surface area contributed by atoms with E-state index < -0.39 is 18.1 Å². The van der Waals surface area contributed by atoms with Gasteiger partial charge in [0.1, 0.15) is 25.0 Å². The minimum Gasteiger partial charge on any atom is -0.489 e. The van der Waals surface area contributed by atoms with Crippen LogP contribution in [0.3, 0.4) is 0 Å². The summed E-state index contributed by atoms with van der Waals surface area (Å²) in [5.41, 5.74) is 2.83. The Morgan fingerprint density at radius 1 is 0.769 bits per heavy atom. The lowest BCUT2D eigenvalue weighted by Gasteiger charge is -2.17. The second-order valence-electron chi connectivity index (χ2n) is 9.07. The third-order valence-corrected chi connectivity index (χ3v) is 5.97. The fraction of sp³-hybridized carbons (Fsp3) is 0.323. The SMILES string of the molecule is COC(=O)[C@@H](Cc1cccc(OCc2ccccc2)c1)NC(=O)CCCCCNC(=O)OCc1ccccc1. The molecule has 1 atom stereocenters. The second kappa shape index (κ2) is 16.5. The Kier molecular flexibility index (Phi) is 12.4. The van der Waals surface area contributed by atoms with Crippen molar-refractivity contribution in [1.29, 1.82) is 0 Å². The molecule has 3 aromatic carbocycles. The summed E-state index contributed by atoms with van der Waals surface area (Å²) < 4.78 is 16.0. The summed E-state index contributed by atoms with van der Waals surface area (Å²) in [6, 6.07) is 26.0. The van der Waals surface area contributed by atoms with E-state index in [4.69, 9.17) is 14.2 Å². The number of ether oxygens (including phenoxy) is 3. The Morgan fingerprint density at radius 2 is 1.44 bits per heavy atom. The van der Waals surface area contributed by atoms with Gasteiger partial charge in [0.2, 0.25) is 5.91 Å². The molecule has 2 N–H and O–H groups in total. The number of esters is 1. The van der Waals surface area contributed by atoms with E-state index >= 15 is 0 Å². The molecule has 3 aromatic rings. The summed E-state index contributed by atoms with van der Waals surface area (Å²) in [7, 11) is 1.30. The number of alkyl carbamates (subject to hydrolysis) is 1. The van der Waals surface area contributed by atoms with Crippen LogP contribution in [0.2, 0.25) is 0 Å². The van der Waals surface area contributed by atoms with Crippen LogP contribution in [0.15, 0.2) is 84.9 Å². The third kappa shape index (κ3) is 11.3. The molecule has 0 unspecified atom stereocenters. The fourth-order valence-electron chi connectivity index (χ4n) is 3.89. The van der Waals surface area contributed by atoms with Gasteiger partial charge in [0, 0.05) is 19.4 Å². The summed E-state index contributed by atoms with van der Waals surface area (Å²) in [4.78, 5) is 36.7. The number of nitrogens with one attached hydrogen (secondary N) is 2. The van der Waals surface area contributed by atoms with Crippen molar-refractivity contribution in [3.8, 4) is 5.75 Å². The second-order valence-corrected chi connectivity index (χ2v) is 9.07. The summed E-state index contributed by atoms with van der Waals surface area (Å²) in [5, 5.41) is 5.50. The smallest absolute Gasteiger partial charge is 0.407 e. The number of hydrogen-bond acceptors (Lipinski definition) is 6. The first-order valence-corrected chi connectivity index (χ1v) is 13.1. The van der Waals surface area contributed by atoms with Gasteiger partial charge in [-0.25, -0.2) is 9.59 Å². The zero-order valence-corrected chi connectivity index (χ0v) is 22.3. The maximum absolute atomic E-state index is 12.5. The van der Waals surface area contributed by atoms with E-state index in [-0.39, 0.29) is 25.4 Å². The van der Waals surface area contributed by atoms with E-state index in [0.29, 0.717) is 31.7 Å². The molecule has 2 amide bonds. The molecule has 39 heavy (non-hydrogen) atoms. The van der Waals surface area contributed by atoms with E-state index in [1.54, 1.807) is 0 Å². The van der Waals surface area contributed by atoms with Crippen LogP contribution in [0.1, 0.15) is 42.4 Å². The summed E-state index contributed by atoms with van der Waals surface area (Å²) >= 11 is 0. The highest BCUT2D eigenvalue weighted by molar-refractivity contribution is 5.84. The zero-order valence-electron chi connectivity index (χ0n) is 22.3. The van der Waals surface area contributed by atoms with Crippen molar-refractivity contribution in [2.45, 2.75) is 51.4 Å². The van der Waals surface area contributed by atoms with Crippen molar-refractivity contribution in [3.05, 3.63) is 102 Å². The van der Waals surface area contributed by atoms with Crippen LogP contribution < -0.4 is 15.4 Å². The number of rotatable bonds is 15. The number of unbranched alkanes of at least 4 members (excludes halogenated alkanes) is 2. The molecule has 0 spiro atoms. The molecule has 0 saturated heterocycles. The van der Waals surface area contributed by atoms with Gasteiger partial charge in [0.05, 0.1) is 7.11 Å². The standard InChI is InChI=1S/C31H36N2O6/c1-37-30(35)28(21-26-16-11-17-27(20-26)38-22-24-12-5-2-6-13-24)33-29(34)18-9-4-10-19-32-31(36)39-23-25-14-7-3-8-15-25/h2-3,5-8,11-17,20,28H,4,9-10,18-19,21-23H2,1H3,(H,32,36)(H,33,34)/t28-/m1/s1. The molecular weight excluding hydrogens is 496 g/mol. The number of carbonyl (C=O) groups excluding carboxylic acids is 3. The van der Waals surface area contributed by atoms with Gasteiger partial charge in [-0.15, -0.1) is 0 Å². The van der Waals surface area contributed by atoms with Crippen LogP contribution in [0.5, 0.6) is 5.75 Å². The van der Waals surface area contributed by atoms with E-state index in [1.165, 1.54) is 7.11 Å².